The number of aliphatic hydroxyl groups is 1. The predicted molar refractivity (Wildman–Crippen MR) is 155 cm³/mol. The van der Waals surface area contributed by atoms with Gasteiger partial charge in [-0.3, -0.25) is 14.4 Å². The van der Waals surface area contributed by atoms with Crippen LogP contribution in [0.4, 0.5) is 11.4 Å². The normalized spacial score (nSPS) is 23.2. The second-order valence-corrected chi connectivity index (χ2v) is 11.2. The highest BCUT2D eigenvalue weighted by atomic mass is 16.5. The number of hydrogen-bond acceptors (Lipinski definition) is 5. The van der Waals surface area contributed by atoms with Crippen LogP contribution in [0.2, 0.25) is 0 Å². The molecule has 8 heteroatoms. The van der Waals surface area contributed by atoms with Gasteiger partial charge in [0.2, 0.25) is 11.8 Å². The van der Waals surface area contributed by atoms with Crippen molar-refractivity contribution in [3.05, 3.63) is 95.6 Å². The van der Waals surface area contributed by atoms with Gasteiger partial charge in [0.1, 0.15) is 0 Å². The quantitative estimate of drug-likeness (QED) is 0.405. The van der Waals surface area contributed by atoms with Crippen LogP contribution < -0.4 is 9.80 Å². The number of nitrogens with zero attached hydrogens (tertiary/aromatic N) is 3. The number of anilines is 2. The van der Waals surface area contributed by atoms with Crippen LogP contribution in [0.3, 0.4) is 0 Å². The van der Waals surface area contributed by atoms with E-state index in [0.29, 0.717) is 25.9 Å². The number of aliphatic hydroxyl groups excluding tert-OH is 1. The lowest BCUT2D eigenvalue weighted by atomic mass is 9.83. The molecule has 0 aliphatic carbocycles. The Hall–Kier alpha value is -4.01. The Bertz CT molecular complexity index is 1440. The van der Waals surface area contributed by atoms with E-state index in [2.05, 4.69) is 0 Å². The largest absolute Gasteiger partial charge is 0.395 e. The number of benzene rings is 3. The van der Waals surface area contributed by atoms with Gasteiger partial charge in [-0.05, 0) is 35.7 Å². The third-order valence-electron chi connectivity index (χ3n) is 8.60. The topological polar surface area (TPSA) is 90.4 Å². The number of carbonyl (C=O) groups is 3. The third-order valence-corrected chi connectivity index (χ3v) is 8.60. The standard InChI is InChI=1S/C33H35N3O5/c1-23-19-27(20-31(39)34(17-18-37)21-24-7-3-2-4-8-24)41-33(23)28-9-5-6-10-29(28)36(32(33)40)22-25-11-13-26(14-12-25)35-16-15-30(35)38/h2-14,23,27,37H,15-22H2,1H3/t23-,27-,33+/m0/s1. The maximum Gasteiger partial charge on any atom is 0.264 e. The summed E-state index contributed by atoms with van der Waals surface area (Å²) in [5.74, 6) is -0.212. The van der Waals surface area contributed by atoms with E-state index in [1.54, 1.807) is 14.7 Å². The number of fused-ring (bicyclic) bond motifs is 2. The van der Waals surface area contributed by atoms with Crippen molar-refractivity contribution < 1.29 is 24.2 Å². The van der Waals surface area contributed by atoms with Crippen LogP contribution >= 0.6 is 0 Å². The minimum atomic E-state index is -1.15. The molecule has 6 rings (SSSR count). The minimum Gasteiger partial charge on any atom is -0.395 e. The molecule has 41 heavy (non-hydrogen) atoms. The molecular formula is C33H35N3O5. The summed E-state index contributed by atoms with van der Waals surface area (Å²) in [4.78, 5) is 44.6. The van der Waals surface area contributed by atoms with Gasteiger partial charge < -0.3 is 24.5 Å². The predicted octanol–water partition coefficient (Wildman–Crippen LogP) is 4.00. The Kier molecular flexibility index (Phi) is 7.36. The lowest BCUT2D eigenvalue weighted by Crippen LogP contribution is -2.44. The van der Waals surface area contributed by atoms with Gasteiger partial charge in [-0.1, -0.05) is 67.6 Å². The molecule has 3 aliphatic rings. The highest BCUT2D eigenvalue weighted by Crippen LogP contribution is 2.53. The lowest BCUT2D eigenvalue weighted by Gasteiger charge is -2.31. The molecule has 0 bridgehead atoms. The number of hydrogen-bond donors (Lipinski definition) is 1. The minimum absolute atomic E-state index is 0.103. The van der Waals surface area contributed by atoms with Crippen LogP contribution in [0, 0.1) is 5.92 Å². The molecule has 212 valence electrons. The van der Waals surface area contributed by atoms with E-state index in [9.17, 15) is 19.5 Å². The van der Waals surface area contributed by atoms with Gasteiger partial charge in [-0.25, -0.2) is 0 Å². The van der Waals surface area contributed by atoms with Gasteiger partial charge in [-0.2, -0.15) is 0 Å². The Labute approximate surface area is 240 Å². The molecule has 0 saturated carbocycles. The zero-order chi connectivity index (χ0) is 28.6. The van der Waals surface area contributed by atoms with Gasteiger partial charge in [0, 0.05) is 43.2 Å². The van der Waals surface area contributed by atoms with Gasteiger partial charge in [0.05, 0.1) is 31.4 Å². The van der Waals surface area contributed by atoms with Crippen molar-refractivity contribution in [1.82, 2.24) is 4.90 Å². The molecule has 0 aromatic heterocycles. The molecule has 1 N–H and O–H groups in total. The average molecular weight is 554 g/mol. The molecule has 0 radical (unpaired) electrons. The maximum absolute atomic E-state index is 14.2. The van der Waals surface area contributed by atoms with E-state index in [1.807, 2.05) is 85.8 Å². The second kappa shape index (κ2) is 11.1. The molecule has 0 unspecified atom stereocenters. The molecule has 3 aromatic rings. The first-order chi connectivity index (χ1) is 19.9. The SMILES string of the molecule is C[C@H]1C[C@@H](CC(=O)N(CCO)Cc2ccccc2)O[C@]12C(=O)N(Cc1ccc(N3CCC3=O)cc1)c1ccccc12. The summed E-state index contributed by atoms with van der Waals surface area (Å²) >= 11 is 0. The Morgan fingerprint density at radius 2 is 1.73 bits per heavy atom. The van der Waals surface area contributed by atoms with E-state index >= 15 is 0 Å². The smallest absolute Gasteiger partial charge is 0.264 e. The van der Waals surface area contributed by atoms with E-state index in [4.69, 9.17) is 4.74 Å². The van der Waals surface area contributed by atoms with Crippen LogP contribution in [0.25, 0.3) is 0 Å². The number of carbonyl (C=O) groups excluding carboxylic acids is 3. The van der Waals surface area contributed by atoms with Crippen molar-refractivity contribution in [2.75, 3.05) is 29.5 Å². The zero-order valence-electron chi connectivity index (χ0n) is 23.2. The summed E-state index contributed by atoms with van der Waals surface area (Å²) in [5, 5.41) is 9.60. The van der Waals surface area contributed by atoms with Gasteiger partial charge in [0.25, 0.3) is 5.91 Å². The monoisotopic (exact) mass is 553 g/mol. The van der Waals surface area contributed by atoms with Gasteiger partial charge >= 0.3 is 0 Å². The maximum atomic E-state index is 14.2. The van der Waals surface area contributed by atoms with Crippen molar-refractivity contribution in [3.63, 3.8) is 0 Å². The van der Waals surface area contributed by atoms with Crippen molar-refractivity contribution in [3.8, 4) is 0 Å². The zero-order valence-corrected chi connectivity index (χ0v) is 23.2. The van der Waals surface area contributed by atoms with E-state index < -0.39 is 11.7 Å². The van der Waals surface area contributed by atoms with E-state index in [1.165, 1.54) is 0 Å². The number of para-hydroxylation sites is 1. The molecule has 3 atom stereocenters. The molecule has 8 nitrogen and oxygen atoms in total. The van der Waals surface area contributed by atoms with Crippen LogP contribution in [-0.2, 0) is 37.8 Å². The Balaban J connectivity index is 1.19. The fourth-order valence-corrected chi connectivity index (χ4v) is 6.40. The molecule has 3 amide bonds. The third kappa shape index (κ3) is 4.91. The van der Waals surface area contributed by atoms with Crippen molar-refractivity contribution >= 4 is 29.1 Å². The van der Waals surface area contributed by atoms with Gasteiger partial charge in [0.15, 0.2) is 5.60 Å². The highest BCUT2D eigenvalue weighted by Gasteiger charge is 2.60. The molecule has 3 aromatic carbocycles. The Morgan fingerprint density at radius 3 is 2.41 bits per heavy atom. The van der Waals surface area contributed by atoms with Crippen molar-refractivity contribution in [2.24, 2.45) is 5.92 Å². The molecule has 2 fully saturated rings. The van der Waals surface area contributed by atoms with E-state index in [0.717, 1.165) is 34.6 Å². The number of amides is 3. The molecular weight excluding hydrogens is 518 g/mol. The summed E-state index contributed by atoms with van der Waals surface area (Å²) in [5.41, 5.74) is 3.34. The highest BCUT2D eigenvalue weighted by molar-refractivity contribution is 6.07. The summed E-state index contributed by atoms with van der Waals surface area (Å²) in [6.07, 6.45) is 0.890. The number of rotatable bonds is 9. The lowest BCUT2D eigenvalue weighted by molar-refractivity contribution is -0.150. The van der Waals surface area contributed by atoms with Crippen LogP contribution in [-0.4, -0.2) is 53.5 Å². The van der Waals surface area contributed by atoms with E-state index in [-0.39, 0.29) is 43.2 Å². The molecule has 1 spiro atoms. The van der Waals surface area contributed by atoms with Crippen LogP contribution in [0.15, 0.2) is 78.9 Å². The molecule has 2 saturated heterocycles. The van der Waals surface area contributed by atoms with Crippen molar-refractivity contribution in [1.29, 1.82) is 0 Å². The summed E-state index contributed by atoms with van der Waals surface area (Å²) in [7, 11) is 0. The van der Waals surface area contributed by atoms with Gasteiger partial charge in [-0.15, -0.1) is 0 Å². The molecule has 3 aliphatic heterocycles. The Morgan fingerprint density at radius 1 is 1.00 bits per heavy atom. The first kappa shape index (κ1) is 27.2. The second-order valence-electron chi connectivity index (χ2n) is 11.2. The van der Waals surface area contributed by atoms with Crippen molar-refractivity contribution in [2.45, 2.75) is 51.0 Å². The summed E-state index contributed by atoms with van der Waals surface area (Å²) < 4.78 is 6.62. The first-order valence-electron chi connectivity index (χ1n) is 14.3. The summed E-state index contributed by atoms with van der Waals surface area (Å²) in [6, 6.07) is 25.3. The summed E-state index contributed by atoms with van der Waals surface area (Å²) in [6.45, 7) is 3.67. The fourth-order valence-electron chi connectivity index (χ4n) is 6.40. The molecule has 3 heterocycles. The van der Waals surface area contributed by atoms with Crippen LogP contribution in [0.5, 0.6) is 0 Å². The number of ether oxygens (including phenoxy) is 1. The fraction of sp³-hybridized carbons (Fsp3) is 0.364. The van der Waals surface area contributed by atoms with Crippen LogP contribution in [0.1, 0.15) is 42.9 Å². The number of β-lactam (4-membered cyclic amide) rings is 1. The average Bonchev–Trinajstić information content (AvgIpc) is 3.42. The first-order valence-corrected chi connectivity index (χ1v) is 14.3.